The van der Waals surface area contributed by atoms with Gasteiger partial charge in [0.1, 0.15) is 11.6 Å². The van der Waals surface area contributed by atoms with E-state index in [1.165, 1.54) is 31.4 Å². The Bertz CT molecular complexity index is 275. The van der Waals surface area contributed by atoms with Crippen LogP contribution < -0.4 is 0 Å². The fourth-order valence-electron chi connectivity index (χ4n) is 1.69. The first-order chi connectivity index (χ1) is 7.22. The van der Waals surface area contributed by atoms with E-state index in [-0.39, 0.29) is 44.6 Å². The normalized spacial score (nSPS) is 7.57. The highest BCUT2D eigenvalue weighted by Crippen LogP contribution is 2.12. The van der Waals surface area contributed by atoms with Gasteiger partial charge in [-0.1, -0.05) is 77.2 Å². The number of rotatable bonds is 6. The Hall–Kier alpha value is -0.920. The van der Waals surface area contributed by atoms with Gasteiger partial charge in [-0.25, -0.2) is 8.78 Å². The molecule has 0 saturated carbocycles. The predicted octanol–water partition coefficient (Wildman–Crippen LogP) is 8.29. The summed E-state index contributed by atoms with van der Waals surface area (Å²) in [7, 11) is 0. The molecule has 0 amide bonds. The number of halogens is 2. The van der Waals surface area contributed by atoms with Gasteiger partial charge in [-0.05, 0) is 30.5 Å². The first-order valence-electron chi connectivity index (χ1n) is 5.67. The Morgan fingerprint density at radius 1 is 0.667 bits per heavy atom. The summed E-state index contributed by atoms with van der Waals surface area (Å²) < 4.78 is 25.6. The first-order valence-corrected chi connectivity index (χ1v) is 5.67. The van der Waals surface area contributed by atoms with Gasteiger partial charge < -0.3 is 0 Å². The maximum absolute atomic E-state index is 12.8. The molecule has 0 atom stereocenters. The van der Waals surface area contributed by atoms with E-state index in [0.29, 0.717) is 0 Å². The third kappa shape index (κ3) is 17.0. The number of unbranched alkanes of at least 4 members (excludes halogenated alkanes) is 4. The summed E-state index contributed by atoms with van der Waals surface area (Å²) in [6, 6.07) is 3.76. The van der Waals surface area contributed by atoms with Crippen molar-refractivity contribution < 1.29 is 8.78 Å². The molecule has 0 aliphatic rings. The third-order valence-corrected chi connectivity index (χ3v) is 2.49. The number of benzene rings is 1. The summed E-state index contributed by atoms with van der Waals surface area (Å²) in [6.45, 7) is 2.17. The van der Waals surface area contributed by atoms with Crippen LogP contribution in [0.3, 0.4) is 0 Å². The van der Waals surface area contributed by atoms with Gasteiger partial charge in [0.2, 0.25) is 0 Å². The molecule has 0 radical (unpaired) electrons. The van der Waals surface area contributed by atoms with Crippen molar-refractivity contribution in [1.82, 2.24) is 0 Å². The summed E-state index contributed by atoms with van der Waals surface area (Å²) in [6.07, 6.45) is 6.62. The molecule has 2 heteroatoms. The standard InChI is InChI=1S/C13H18F2.6CH4/c1-2-3-4-5-6-7-11-8-12(14)10-13(15)9-11;;;;;;/h8-10H,2-7H2,1H3;6*1H4. The lowest BCUT2D eigenvalue weighted by molar-refractivity contribution is 0.575. The Labute approximate surface area is 135 Å². The van der Waals surface area contributed by atoms with Gasteiger partial charge in [0.25, 0.3) is 0 Å². The lowest BCUT2D eigenvalue weighted by Gasteiger charge is -2.02. The molecule has 1 aromatic rings. The lowest BCUT2D eigenvalue weighted by Crippen LogP contribution is -1.89. The Morgan fingerprint density at radius 3 is 1.52 bits per heavy atom. The first kappa shape index (κ1) is 36.9. The van der Waals surface area contributed by atoms with Crippen LogP contribution in [0.25, 0.3) is 0 Å². The van der Waals surface area contributed by atoms with Gasteiger partial charge in [0, 0.05) is 6.07 Å². The van der Waals surface area contributed by atoms with Crippen LogP contribution in [0.15, 0.2) is 18.2 Å². The predicted molar refractivity (Wildman–Crippen MR) is 99.2 cm³/mol. The molecule has 21 heavy (non-hydrogen) atoms. The van der Waals surface area contributed by atoms with Crippen LogP contribution in [-0.4, -0.2) is 0 Å². The molecule has 0 unspecified atom stereocenters. The minimum Gasteiger partial charge on any atom is -0.207 e. The molecule has 1 aromatic carbocycles. The maximum atomic E-state index is 12.8. The molecule has 0 saturated heterocycles. The van der Waals surface area contributed by atoms with E-state index in [4.69, 9.17) is 0 Å². The monoisotopic (exact) mass is 308 g/mol. The van der Waals surface area contributed by atoms with Crippen molar-refractivity contribution in [3.05, 3.63) is 35.4 Å². The average Bonchev–Trinajstić information content (AvgIpc) is 2.16. The van der Waals surface area contributed by atoms with Gasteiger partial charge in [-0.3, -0.25) is 0 Å². The quantitative estimate of drug-likeness (QED) is 0.463. The largest absolute Gasteiger partial charge is 0.207 e. The molecule has 0 aliphatic carbocycles. The number of hydrogen-bond donors (Lipinski definition) is 0. The van der Waals surface area contributed by atoms with E-state index >= 15 is 0 Å². The SMILES string of the molecule is C.C.C.C.C.C.CCCCCCCc1cc(F)cc(F)c1. The summed E-state index contributed by atoms with van der Waals surface area (Å²) in [4.78, 5) is 0. The molecular formula is C19H42F2. The van der Waals surface area contributed by atoms with Crippen molar-refractivity contribution in [2.45, 2.75) is 90.0 Å². The van der Waals surface area contributed by atoms with Gasteiger partial charge in [-0.15, -0.1) is 0 Å². The van der Waals surface area contributed by atoms with E-state index in [2.05, 4.69) is 6.92 Å². The lowest BCUT2D eigenvalue weighted by atomic mass is 10.1. The molecule has 0 aromatic heterocycles. The van der Waals surface area contributed by atoms with E-state index in [1.807, 2.05) is 0 Å². The Balaban J connectivity index is -0.0000000937. The molecule has 0 spiro atoms. The zero-order valence-corrected chi connectivity index (χ0v) is 9.23. The number of hydrogen-bond acceptors (Lipinski definition) is 0. The van der Waals surface area contributed by atoms with E-state index in [9.17, 15) is 8.78 Å². The zero-order chi connectivity index (χ0) is 11.1. The summed E-state index contributed by atoms with van der Waals surface area (Å²) in [5.41, 5.74) is 0.768. The molecular weight excluding hydrogens is 266 g/mol. The second-order valence-electron chi connectivity index (χ2n) is 3.94. The van der Waals surface area contributed by atoms with Crippen molar-refractivity contribution in [2.75, 3.05) is 0 Å². The van der Waals surface area contributed by atoms with E-state index in [1.54, 1.807) is 0 Å². The highest BCUT2D eigenvalue weighted by molar-refractivity contribution is 5.17. The van der Waals surface area contributed by atoms with Crippen molar-refractivity contribution >= 4 is 0 Å². The molecule has 0 aliphatic heterocycles. The fourth-order valence-corrected chi connectivity index (χ4v) is 1.69. The highest BCUT2D eigenvalue weighted by Gasteiger charge is 2.00. The smallest absolute Gasteiger partial charge is 0.126 e. The van der Waals surface area contributed by atoms with E-state index in [0.717, 1.165) is 30.9 Å². The second-order valence-corrected chi connectivity index (χ2v) is 3.94. The minimum absolute atomic E-state index is 0. The van der Waals surface area contributed by atoms with Crippen LogP contribution in [-0.2, 0) is 6.42 Å². The summed E-state index contributed by atoms with van der Waals surface area (Å²) >= 11 is 0. The average molecular weight is 309 g/mol. The molecule has 132 valence electrons. The fraction of sp³-hybridized carbons (Fsp3) is 0.684. The van der Waals surface area contributed by atoms with Crippen LogP contribution >= 0.6 is 0 Å². The zero-order valence-electron chi connectivity index (χ0n) is 9.23. The van der Waals surface area contributed by atoms with Gasteiger partial charge in [0.05, 0.1) is 0 Å². The maximum Gasteiger partial charge on any atom is 0.126 e. The van der Waals surface area contributed by atoms with Crippen LogP contribution in [0.5, 0.6) is 0 Å². The van der Waals surface area contributed by atoms with Crippen LogP contribution in [0.4, 0.5) is 8.78 Å². The van der Waals surface area contributed by atoms with Gasteiger partial charge in [0.15, 0.2) is 0 Å². The van der Waals surface area contributed by atoms with Gasteiger partial charge in [-0.2, -0.15) is 0 Å². The summed E-state index contributed by atoms with van der Waals surface area (Å²) in [5, 5.41) is 0. The van der Waals surface area contributed by atoms with Crippen LogP contribution in [0, 0.1) is 11.6 Å². The highest BCUT2D eigenvalue weighted by atomic mass is 19.1. The summed E-state index contributed by atoms with van der Waals surface area (Å²) in [5.74, 6) is -0.947. The van der Waals surface area contributed by atoms with Crippen LogP contribution in [0.2, 0.25) is 0 Å². The van der Waals surface area contributed by atoms with Crippen LogP contribution in [0.1, 0.15) is 89.2 Å². The van der Waals surface area contributed by atoms with Crippen molar-refractivity contribution in [2.24, 2.45) is 0 Å². The molecule has 0 heterocycles. The Kier molecular flexibility index (Phi) is 37.5. The number of aryl methyl sites for hydroxylation is 1. The Morgan fingerprint density at radius 2 is 1.10 bits per heavy atom. The second kappa shape index (κ2) is 21.4. The topological polar surface area (TPSA) is 0 Å². The molecule has 0 fully saturated rings. The molecule has 0 bridgehead atoms. The van der Waals surface area contributed by atoms with Crippen molar-refractivity contribution in [3.63, 3.8) is 0 Å². The molecule has 0 N–H and O–H groups in total. The van der Waals surface area contributed by atoms with E-state index < -0.39 is 11.6 Å². The van der Waals surface area contributed by atoms with Gasteiger partial charge >= 0.3 is 0 Å². The molecule has 0 nitrogen and oxygen atoms in total. The third-order valence-electron chi connectivity index (χ3n) is 2.49. The minimum atomic E-state index is -0.474. The molecule has 1 rings (SSSR count). The van der Waals surface area contributed by atoms with Crippen molar-refractivity contribution in [1.29, 1.82) is 0 Å². The van der Waals surface area contributed by atoms with Crippen molar-refractivity contribution in [3.8, 4) is 0 Å².